The quantitative estimate of drug-likeness (QED) is 0.628. The Morgan fingerprint density at radius 2 is 2.24 bits per heavy atom. The number of hydrogen-bond donors (Lipinski definition) is 0. The minimum atomic E-state index is -0.421. The van der Waals surface area contributed by atoms with Crippen LogP contribution in [0.2, 0.25) is 0 Å². The van der Waals surface area contributed by atoms with Crippen LogP contribution in [0, 0.1) is 15.9 Å². The smallest absolute Gasteiger partial charge is 0.310 e. The zero-order chi connectivity index (χ0) is 15.0. The van der Waals surface area contributed by atoms with Crippen molar-refractivity contribution in [3.05, 3.63) is 63.7 Å². The molecule has 1 aliphatic heterocycles. The molecule has 0 saturated heterocycles. The first-order chi connectivity index (χ1) is 10.1. The van der Waals surface area contributed by atoms with Crippen LogP contribution in [0.1, 0.15) is 24.1 Å². The van der Waals surface area contributed by atoms with Crippen molar-refractivity contribution < 1.29 is 9.31 Å². The molecule has 0 saturated carbocycles. The fourth-order valence-electron chi connectivity index (χ4n) is 2.89. The molecule has 108 valence electrons. The van der Waals surface area contributed by atoms with E-state index in [4.69, 9.17) is 0 Å². The number of nitro groups is 1. The monoisotopic (exact) mass is 287 g/mol. The summed E-state index contributed by atoms with van der Waals surface area (Å²) in [6, 6.07) is 6.34. The Morgan fingerprint density at radius 1 is 1.43 bits per heavy atom. The van der Waals surface area contributed by atoms with Gasteiger partial charge in [-0.1, -0.05) is 6.07 Å². The third-order valence-electron chi connectivity index (χ3n) is 3.93. The summed E-state index contributed by atoms with van der Waals surface area (Å²) in [6.45, 7) is 2.59. The van der Waals surface area contributed by atoms with Crippen LogP contribution in [0.3, 0.4) is 0 Å². The number of hydrogen-bond acceptors (Lipinski definition) is 4. The van der Waals surface area contributed by atoms with Gasteiger partial charge in [0, 0.05) is 12.7 Å². The molecule has 21 heavy (non-hydrogen) atoms. The lowest BCUT2D eigenvalue weighted by Gasteiger charge is -2.36. The summed E-state index contributed by atoms with van der Waals surface area (Å²) >= 11 is 0. The van der Waals surface area contributed by atoms with Crippen LogP contribution in [0.25, 0.3) is 0 Å². The van der Waals surface area contributed by atoms with Gasteiger partial charge in [0.1, 0.15) is 17.7 Å². The second-order valence-electron chi connectivity index (χ2n) is 5.08. The number of rotatable bonds is 2. The molecule has 1 aromatic heterocycles. The van der Waals surface area contributed by atoms with Crippen LogP contribution in [-0.4, -0.2) is 16.5 Å². The summed E-state index contributed by atoms with van der Waals surface area (Å²) in [5.74, 6) is -0.246. The van der Waals surface area contributed by atoms with E-state index in [1.54, 1.807) is 24.4 Å². The molecule has 1 aromatic carbocycles. The van der Waals surface area contributed by atoms with Gasteiger partial charge < -0.3 is 4.90 Å². The van der Waals surface area contributed by atoms with E-state index in [0.29, 0.717) is 18.7 Å². The van der Waals surface area contributed by atoms with Crippen molar-refractivity contribution in [2.24, 2.45) is 0 Å². The highest BCUT2D eigenvalue weighted by Crippen LogP contribution is 2.37. The van der Waals surface area contributed by atoms with Crippen LogP contribution in [-0.2, 0) is 6.42 Å². The summed E-state index contributed by atoms with van der Waals surface area (Å²) in [5.41, 5.74) is 2.52. The van der Waals surface area contributed by atoms with Gasteiger partial charge in [0.15, 0.2) is 0 Å². The lowest BCUT2D eigenvalue weighted by atomic mass is 9.93. The van der Waals surface area contributed by atoms with Gasteiger partial charge in [-0.3, -0.25) is 15.1 Å². The number of anilines is 1. The molecule has 2 aromatic rings. The normalized spacial score (nSPS) is 17.4. The molecule has 2 heterocycles. The molecule has 0 unspecified atom stereocenters. The lowest BCUT2D eigenvalue weighted by molar-refractivity contribution is -0.384. The average Bonchev–Trinajstić information content (AvgIpc) is 2.47. The molecule has 0 bridgehead atoms. The molecule has 0 radical (unpaired) electrons. The number of halogens is 1. The van der Waals surface area contributed by atoms with Gasteiger partial charge in [0.2, 0.25) is 0 Å². The van der Waals surface area contributed by atoms with Crippen LogP contribution >= 0.6 is 0 Å². The first-order valence-corrected chi connectivity index (χ1v) is 6.71. The number of aromatic nitrogens is 1. The van der Waals surface area contributed by atoms with Crippen molar-refractivity contribution in [1.82, 2.24) is 4.98 Å². The average molecular weight is 287 g/mol. The molecule has 0 fully saturated rings. The molecule has 0 amide bonds. The molecular weight excluding hydrogens is 273 g/mol. The van der Waals surface area contributed by atoms with E-state index in [-0.39, 0.29) is 17.5 Å². The van der Waals surface area contributed by atoms with Crippen molar-refractivity contribution in [2.45, 2.75) is 19.4 Å². The maximum atomic E-state index is 13.3. The predicted molar refractivity (Wildman–Crippen MR) is 76.8 cm³/mol. The molecule has 1 atom stereocenters. The first-order valence-electron chi connectivity index (χ1n) is 6.71. The van der Waals surface area contributed by atoms with Gasteiger partial charge in [0.05, 0.1) is 11.0 Å². The van der Waals surface area contributed by atoms with Crippen molar-refractivity contribution in [2.75, 3.05) is 11.4 Å². The highest BCUT2D eigenvalue weighted by Gasteiger charge is 2.28. The Balaban J connectivity index is 2.03. The SMILES string of the molecule is C[C@@H]1c2ccc(F)cc2CCN1c1ccncc1[N+](=O)[O-]. The number of benzene rings is 1. The molecule has 0 spiro atoms. The van der Waals surface area contributed by atoms with Gasteiger partial charge in [-0.25, -0.2) is 4.39 Å². The number of fused-ring (bicyclic) bond motifs is 1. The minimum absolute atomic E-state index is 0.00471. The van der Waals surface area contributed by atoms with Crippen molar-refractivity contribution in [3.63, 3.8) is 0 Å². The van der Waals surface area contributed by atoms with Crippen LogP contribution in [0.5, 0.6) is 0 Å². The third kappa shape index (κ3) is 2.33. The Labute approximate surface area is 121 Å². The first kappa shape index (κ1) is 13.5. The van der Waals surface area contributed by atoms with Gasteiger partial charge in [0.25, 0.3) is 0 Å². The molecule has 5 nitrogen and oxygen atoms in total. The topological polar surface area (TPSA) is 59.3 Å². The molecule has 0 aliphatic carbocycles. The third-order valence-corrected chi connectivity index (χ3v) is 3.93. The summed E-state index contributed by atoms with van der Waals surface area (Å²) in [7, 11) is 0. The number of pyridine rings is 1. The van der Waals surface area contributed by atoms with Gasteiger partial charge in [-0.2, -0.15) is 0 Å². The minimum Gasteiger partial charge on any atom is -0.359 e. The van der Waals surface area contributed by atoms with Gasteiger partial charge in [-0.05, 0) is 42.7 Å². The summed E-state index contributed by atoms with van der Waals surface area (Å²) in [5, 5.41) is 11.2. The Kier molecular flexibility index (Phi) is 3.29. The Morgan fingerprint density at radius 3 is 3.00 bits per heavy atom. The van der Waals surface area contributed by atoms with Crippen molar-refractivity contribution in [1.29, 1.82) is 0 Å². The maximum Gasteiger partial charge on any atom is 0.310 e. The Bertz CT molecular complexity index is 705. The van der Waals surface area contributed by atoms with E-state index in [2.05, 4.69) is 4.98 Å². The highest BCUT2D eigenvalue weighted by atomic mass is 19.1. The fraction of sp³-hybridized carbons (Fsp3) is 0.267. The van der Waals surface area contributed by atoms with E-state index < -0.39 is 4.92 Å². The maximum absolute atomic E-state index is 13.3. The van der Waals surface area contributed by atoms with E-state index in [9.17, 15) is 14.5 Å². The van der Waals surface area contributed by atoms with E-state index >= 15 is 0 Å². The van der Waals surface area contributed by atoms with Crippen LogP contribution in [0.15, 0.2) is 36.7 Å². The van der Waals surface area contributed by atoms with E-state index in [0.717, 1.165) is 11.1 Å². The van der Waals surface area contributed by atoms with Gasteiger partial charge in [-0.15, -0.1) is 0 Å². The zero-order valence-corrected chi connectivity index (χ0v) is 11.5. The molecule has 6 heteroatoms. The largest absolute Gasteiger partial charge is 0.359 e. The van der Waals surface area contributed by atoms with Crippen molar-refractivity contribution in [3.8, 4) is 0 Å². The van der Waals surface area contributed by atoms with Crippen LogP contribution < -0.4 is 4.90 Å². The summed E-state index contributed by atoms with van der Waals surface area (Å²) in [6.07, 6.45) is 3.48. The summed E-state index contributed by atoms with van der Waals surface area (Å²) in [4.78, 5) is 16.5. The molecule has 3 rings (SSSR count). The highest BCUT2D eigenvalue weighted by molar-refractivity contribution is 5.64. The fourth-order valence-corrected chi connectivity index (χ4v) is 2.89. The Hall–Kier alpha value is -2.50. The second kappa shape index (κ2) is 5.12. The van der Waals surface area contributed by atoms with Gasteiger partial charge >= 0.3 is 5.69 Å². The van der Waals surface area contributed by atoms with E-state index in [1.165, 1.54) is 12.3 Å². The molecule has 1 aliphatic rings. The van der Waals surface area contributed by atoms with E-state index in [1.807, 2.05) is 11.8 Å². The molecular formula is C15H14FN3O2. The standard InChI is InChI=1S/C15H14FN3O2/c1-10-13-3-2-12(16)8-11(13)5-7-18(10)14-4-6-17-9-15(14)19(20)21/h2-4,6,8-10H,5,7H2,1H3/t10-/m1/s1. The number of nitrogens with zero attached hydrogens (tertiary/aromatic N) is 3. The van der Waals surface area contributed by atoms with Crippen LogP contribution in [0.4, 0.5) is 15.8 Å². The predicted octanol–water partition coefficient (Wildman–Crippen LogP) is 3.25. The lowest BCUT2D eigenvalue weighted by Crippen LogP contribution is -2.34. The molecule has 0 N–H and O–H groups in total. The summed E-state index contributed by atoms with van der Waals surface area (Å²) < 4.78 is 13.3. The zero-order valence-electron chi connectivity index (χ0n) is 11.5. The second-order valence-corrected chi connectivity index (χ2v) is 5.08. The van der Waals surface area contributed by atoms with Crippen molar-refractivity contribution >= 4 is 11.4 Å².